The molecule has 92 valence electrons. The summed E-state index contributed by atoms with van der Waals surface area (Å²) in [6.07, 6.45) is 0. The van der Waals surface area contributed by atoms with E-state index in [9.17, 15) is 9.90 Å². The minimum absolute atomic E-state index is 0.00133. The number of ether oxygens (including phenoxy) is 1. The largest absolute Gasteiger partial charge is 0.504 e. The molecule has 5 heteroatoms. The fourth-order valence-corrected chi connectivity index (χ4v) is 1.49. The predicted molar refractivity (Wildman–Crippen MR) is 65.7 cm³/mol. The van der Waals surface area contributed by atoms with Gasteiger partial charge in [0.25, 0.3) is 0 Å². The van der Waals surface area contributed by atoms with Crippen molar-refractivity contribution in [3.05, 3.63) is 47.7 Å². The molecule has 18 heavy (non-hydrogen) atoms. The second-order valence-electron chi connectivity index (χ2n) is 3.77. The molecule has 0 atom stereocenters. The fraction of sp³-hybridized carbons (Fsp3) is 0.0769. The molecule has 2 aromatic rings. The third kappa shape index (κ3) is 2.57. The molecule has 0 aliphatic rings. The summed E-state index contributed by atoms with van der Waals surface area (Å²) in [6.45, 7) is 1.73. The van der Waals surface area contributed by atoms with E-state index in [-0.39, 0.29) is 17.4 Å². The summed E-state index contributed by atoms with van der Waals surface area (Å²) in [6, 6.07) is 9.51. The summed E-state index contributed by atoms with van der Waals surface area (Å²) in [4.78, 5) is 15.2. The number of pyridine rings is 1. The van der Waals surface area contributed by atoms with E-state index in [2.05, 4.69) is 4.98 Å². The molecular weight excluding hydrogens is 232 g/mol. The van der Waals surface area contributed by atoms with E-state index in [1.807, 2.05) is 0 Å². The number of rotatable bonds is 3. The van der Waals surface area contributed by atoms with E-state index in [0.717, 1.165) is 0 Å². The summed E-state index contributed by atoms with van der Waals surface area (Å²) >= 11 is 0. The van der Waals surface area contributed by atoms with Crippen LogP contribution in [0.5, 0.6) is 17.4 Å². The van der Waals surface area contributed by atoms with E-state index in [1.54, 1.807) is 31.2 Å². The SMILES string of the molecule is Cc1cc(C(N)=O)cc(Oc2ccccc2O)n1. The lowest BCUT2D eigenvalue weighted by Gasteiger charge is -2.08. The summed E-state index contributed by atoms with van der Waals surface area (Å²) in [7, 11) is 0. The molecule has 3 N–H and O–H groups in total. The number of nitrogens with zero attached hydrogens (tertiary/aromatic N) is 1. The quantitative estimate of drug-likeness (QED) is 0.864. The van der Waals surface area contributed by atoms with Gasteiger partial charge in [-0.1, -0.05) is 12.1 Å². The molecule has 0 fully saturated rings. The number of aromatic hydroxyl groups is 1. The standard InChI is InChI=1S/C13H12N2O3/c1-8-6-9(13(14)17)7-12(15-8)18-11-5-3-2-4-10(11)16/h2-7,16H,1H3,(H2,14,17). The molecule has 0 saturated carbocycles. The Morgan fingerprint density at radius 3 is 2.72 bits per heavy atom. The highest BCUT2D eigenvalue weighted by atomic mass is 16.5. The highest BCUT2D eigenvalue weighted by molar-refractivity contribution is 5.93. The number of primary amides is 1. The lowest BCUT2D eigenvalue weighted by Crippen LogP contribution is -2.11. The molecule has 0 spiro atoms. The summed E-state index contributed by atoms with van der Waals surface area (Å²) in [5, 5.41) is 9.58. The van der Waals surface area contributed by atoms with Crippen LogP contribution in [-0.4, -0.2) is 16.0 Å². The first-order valence-corrected chi connectivity index (χ1v) is 5.30. The van der Waals surface area contributed by atoms with Gasteiger partial charge in [-0.05, 0) is 25.1 Å². The van der Waals surface area contributed by atoms with E-state index in [0.29, 0.717) is 11.3 Å². The topological polar surface area (TPSA) is 85.4 Å². The van der Waals surface area contributed by atoms with E-state index >= 15 is 0 Å². The highest BCUT2D eigenvalue weighted by Gasteiger charge is 2.08. The first-order chi connectivity index (χ1) is 8.56. The average molecular weight is 244 g/mol. The second kappa shape index (κ2) is 4.75. The van der Waals surface area contributed by atoms with Crippen LogP contribution in [0.15, 0.2) is 36.4 Å². The number of nitrogens with two attached hydrogens (primary N) is 1. The molecule has 1 amide bonds. The van der Waals surface area contributed by atoms with Gasteiger partial charge in [-0.3, -0.25) is 4.79 Å². The third-order valence-corrected chi connectivity index (χ3v) is 2.29. The predicted octanol–water partition coefficient (Wildman–Crippen LogP) is 1.99. The van der Waals surface area contributed by atoms with Gasteiger partial charge in [0.2, 0.25) is 11.8 Å². The molecule has 2 rings (SSSR count). The van der Waals surface area contributed by atoms with Gasteiger partial charge in [-0.25, -0.2) is 4.98 Å². The maximum absolute atomic E-state index is 11.1. The zero-order valence-electron chi connectivity index (χ0n) is 9.75. The molecule has 0 saturated heterocycles. The Hall–Kier alpha value is -2.56. The number of hydrogen-bond acceptors (Lipinski definition) is 4. The second-order valence-corrected chi connectivity index (χ2v) is 3.77. The van der Waals surface area contributed by atoms with Crippen molar-refractivity contribution in [3.8, 4) is 17.4 Å². The van der Waals surface area contributed by atoms with Crippen LogP contribution in [-0.2, 0) is 0 Å². The number of phenolic OH excluding ortho intramolecular Hbond substituents is 1. The van der Waals surface area contributed by atoms with E-state index in [1.165, 1.54) is 12.1 Å². The van der Waals surface area contributed by atoms with Crippen LogP contribution in [0.1, 0.15) is 16.1 Å². The number of amides is 1. The smallest absolute Gasteiger partial charge is 0.248 e. The number of aromatic nitrogens is 1. The Labute approximate surface area is 104 Å². The minimum Gasteiger partial charge on any atom is -0.504 e. The number of hydrogen-bond donors (Lipinski definition) is 2. The van der Waals surface area contributed by atoms with Crippen molar-refractivity contribution in [2.24, 2.45) is 5.73 Å². The van der Waals surface area contributed by atoms with Crippen molar-refractivity contribution in [2.75, 3.05) is 0 Å². The van der Waals surface area contributed by atoms with Gasteiger partial charge in [0.1, 0.15) is 0 Å². The Kier molecular flexibility index (Phi) is 3.14. The van der Waals surface area contributed by atoms with Crippen LogP contribution in [0.2, 0.25) is 0 Å². The number of carbonyl (C=O) groups excluding carboxylic acids is 1. The van der Waals surface area contributed by atoms with Crippen molar-refractivity contribution < 1.29 is 14.6 Å². The molecule has 0 aliphatic carbocycles. The van der Waals surface area contributed by atoms with Crippen LogP contribution < -0.4 is 10.5 Å². The summed E-state index contributed by atoms with van der Waals surface area (Å²) < 4.78 is 5.41. The number of benzene rings is 1. The first kappa shape index (κ1) is 11.9. The van der Waals surface area contributed by atoms with Gasteiger partial charge in [0, 0.05) is 17.3 Å². The van der Waals surface area contributed by atoms with Gasteiger partial charge >= 0.3 is 0 Å². The molecule has 5 nitrogen and oxygen atoms in total. The van der Waals surface area contributed by atoms with Crippen molar-refractivity contribution in [1.29, 1.82) is 0 Å². The van der Waals surface area contributed by atoms with Crippen LogP contribution in [0.4, 0.5) is 0 Å². The molecular formula is C13H12N2O3. The monoisotopic (exact) mass is 244 g/mol. The maximum Gasteiger partial charge on any atom is 0.248 e. The van der Waals surface area contributed by atoms with E-state index < -0.39 is 5.91 Å². The Morgan fingerprint density at radius 2 is 2.06 bits per heavy atom. The zero-order chi connectivity index (χ0) is 13.1. The van der Waals surface area contributed by atoms with E-state index in [4.69, 9.17) is 10.5 Å². The number of carbonyl (C=O) groups is 1. The highest BCUT2D eigenvalue weighted by Crippen LogP contribution is 2.29. The van der Waals surface area contributed by atoms with Gasteiger partial charge in [-0.2, -0.15) is 0 Å². The van der Waals surface area contributed by atoms with Gasteiger partial charge in [-0.15, -0.1) is 0 Å². The Balaban J connectivity index is 2.35. The minimum atomic E-state index is -0.553. The fourth-order valence-electron chi connectivity index (χ4n) is 1.49. The van der Waals surface area contributed by atoms with Crippen molar-refractivity contribution in [3.63, 3.8) is 0 Å². The lowest BCUT2D eigenvalue weighted by atomic mass is 10.2. The Bertz CT molecular complexity index is 597. The van der Waals surface area contributed by atoms with Gasteiger partial charge in [0.15, 0.2) is 11.5 Å². The number of aryl methyl sites for hydroxylation is 1. The normalized spacial score (nSPS) is 10.1. The van der Waals surface area contributed by atoms with Crippen molar-refractivity contribution >= 4 is 5.91 Å². The molecule has 0 unspecified atom stereocenters. The van der Waals surface area contributed by atoms with Crippen LogP contribution in [0.25, 0.3) is 0 Å². The lowest BCUT2D eigenvalue weighted by molar-refractivity contribution is 0.0999. The van der Waals surface area contributed by atoms with Gasteiger partial charge in [0.05, 0.1) is 0 Å². The first-order valence-electron chi connectivity index (χ1n) is 5.30. The Morgan fingerprint density at radius 1 is 1.33 bits per heavy atom. The summed E-state index contributed by atoms with van der Waals surface area (Å²) in [5.74, 6) is -0.0691. The number of phenols is 1. The summed E-state index contributed by atoms with van der Waals surface area (Å²) in [5.41, 5.74) is 6.12. The van der Waals surface area contributed by atoms with Crippen LogP contribution in [0.3, 0.4) is 0 Å². The van der Waals surface area contributed by atoms with Crippen molar-refractivity contribution in [1.82, 2.24) is 4.98 Å². The average Bonchev–Trinajstić information content (AvgIpc) is 2.31. The molecule has 1 aromatic carbocycles. The third-order valence-electron chi connectivity index (χ3n) is 2.29. The molecule has 1 heterocycles. The maximum atomic E-state index is 11.1. The molecule has 0 radical (unpaired) electrons. The molecule has 1 aromatic heterocycles. The van der Waals surface area contributed by atoms with Crippen molar-refractivity contribution in [2.45, 2.75) is 6.92 Å². The van der Waals surface area contributed by atoms with Gasteiger partial charge < -0.3 is 15.6 Å². The number of para-hydroxylation sites is 2. The van der Waals surface area contributed by atoms with Crippen LogP contribution in [0, 0.1) is 6.92 Å². The zero-order valence-corrected chi connectivity index (χ0v) is 9.75. The molecule has 0 aliphatic heterocycles. The van der Waals surface area contributed by atoms with Crippen LogP contribution >= 0.6 is 0 Å². The molecule has 0 bridgehead atoms.